The SMILES string of the molecule is C=C/C=C\N(C=C)c1cccc(N(C=C)/C=C\C=C)c1C(C)(C)CC. The molecule has 2 nitrogen and oxygen atoms in total. The van der Waals surface area contributed by atoms with Crippen LogP contribution in [0.2, 0.25) is 0 Å². The lowest BCUT2D eigenvalue weighted by molar-refractivity contribution is 0.507. The lowest BCUT2D eigenvalue weighted by Gasteiger charge is -2.34. The number of hydrogen-bond donors (Lipinski definition) is 0. The molecule has 0 bridgehead atoms. The quantitative estimate of drug-likeness (QED) is 0.441. The van der Waals surface area contributed by atoms with Crippen molar-refractivity contribution in [3.8, 4) is 0 Å². The van der Waals surface area contributed by atoms with Crippen LogP contribution >= 0.6 is 0 Å². The fourth-order valence-corrected chi connectivity index (χ4v) is 2.61. The van der Waals surface area contributed by atoms with Crippen LogP contribution in [0.4, 0.5) is 11.4 Å². The normalized spacial score (nSPS) is 11.5. The molecule has 0 fully saturated rings. The van der Waals surface area contributed by atoms with Crippen LogP contribution in [0.3, 0.4) is 0 Å². The van der Waals surface area contributed by atoms with Crippen LogP contribution < -0.4 is 9.80 Å². The Morgan fingerprint density at radius 1 is 0.880 bits per heavy atom. The first-order valence-electron chi connectivity index (χ1n) is 8.50. The molecule has 0 aliphatic carbocycles. The molecular weight excluding hydrogens is 304 g/mol. The zero-order valence-electron chi connectivity index (χ0n) is 15.8. The van der Waals surface area contributed by atoms with Crippen LogP contribution in [0.1, 0.15) is 32.8 Å². The maximum absolute atomic E-state index is 3.96. The molecule has 25 heavy (non-hydrogen) atoms. The third-order valence-electron chi connectivity index (χ3n) is 4.30. The molecule has 0 heterocycles. The molecule has 132 valence electrons. The molecule has 0 aliphatic rings. The molecular formula is C23H30N2. The molecule has 0 spiro atoms. The van der Waals surface area contributed by atoms with Crippen molar-refractivity contribution in [3.05, 3.63) is 99.2 Å². The predicted octanol–water partition coefficient (Wildman–Crippen LogP) is 6.67. The molecule has 2 heteroatoms. The maximum atomic E-state index is 3.96. The van der Waals surface area contributed by atoms with Crippen molar-refractivity contribution in [1.82, 2.24) is 0 Å². The molecule has 0 unspecified atom stereocenters. The van der Waals surface area contributed by atoms with Gasteiger partial charge in [0.1, 0.15) is 0 Å². The van der Waals surface area contributed by atoms with Crippen LogP contribution in [0.5, 0.6) is 0 Å². The van der Waals surface area contributed by atoms with E-state index in [-0.39, 0.29) is 5.41 Å². The van der Waals surface area contributed by atoms with Crippen LogP contribution in [0, 0.1) is 0 Å². The van der Waals surface area contributed by atoms with E-state index in [1.807, 2.05) is 46.8 Å². The minimum atomic E-state index is -0.0293. The number of anilines is 2. The Labute approximate surface area is 153 Å². The minimum Gasteiger partial charge on any atom is -0.324 e. The molecule has 1 aromatic rings. The molecule has 1 rings (SSSR count). The summed E-state index contributed by atoms with van der Waals surface area (Å²) >= 11 is 0. The van der Waals surface area contributed by atoms with Crippen LogP contribution in [-0.2, 0) is 5.41 Å². The second-order valence-corrected chi connectivity index (χ2v) is 6.24. The van der Waals surface area contributed by atoms with Crippen molar-refractivity contribution >= 4 is 11.4 Å². The van der Waals surface area contributed by atoms with Gasteiger partial charge in [0.25, 0.3) is 0 Å². The largest absolute Gasteiger partial charge is 0.324 e. The van der Waals surface area contributed by atoms with E-state index in [9.17, 15) is 0 Å². The Morgan fingerprint density at radius 2 is 1.32 bits per heavy atom. The van der Waals surface area contributed by atoms with Crippen molar-refractivity contribution in [2.45, 2.75) is 32.6 Å². The van der Waals surface area contributed by atoms with Crippen molar-refractivity contribution < 1.29 is 0 Å². The highest BCUT2D eigenvalue weighted by atomic mass is 15.1. The molecule has 0 saturated carbocycles. The first kappa shape index (κ1) is 20.3. The van der Waals surface area contributed by atoms with Gasteiger partial charge in [-0.05, 0) is 36.1 Å². The van der Waals surface area contributed by atoms with Gasteiger partial charge < -0.3 is 9.80 Å². The number of nitrogens with zero attached hydrogens (tertiary/aromatic N) is 2. The minimum absolute atomic E-state index is 0.0293. The Hall–Kier alpha value is -2.74. The summed E-state index contributed by atoms with van der Waals surface area (Å²) in [6.07, 6.45) is 15.9. The standard InChI is InChI=1S/C23H30N2/c1-8-13-18-24(11-4)20-16-15-17-21(22(20)23(6,7)10-3)25(12-5)19-14-9-2/h8-9,11-19H,1-2,4-5,10H2,3,6-7H3/b18-13-,19-14-. The summed E-state index contributed by atoms with van der Waals surface area (Å²) in [7, 11) is 0. The Balaban J connectivity index is 3.71. The Kier molecular flexibility index (Phi) is 7.74. The van der Waals surface area contributed by atoms with Crippen molar-refractivity contribution in [3.63, 3.8) is 0 Å². The fraction of sp³-hybridized carbons (Fsp3) is 0.217. The highest BCUT2D eigenvalue weighted by molar-refractivity contribution is 5.73. The molecule has 0 saturated heterocycles. The predicted molar refractivity (Wildman–Crippen MR) is 114 cm³/mol. The van der Waals surface area contributed by atoms with Gasteiger partial charge >= 0.3 is 0 Å². The zero-order valence-corrected chi connectivity index (χ0v) is 15.8. The van der Waals surface area contributed by atoms with Crippen LogP contribution in [0.25, 0.3) is 0 Å². The van der Waals surface area contributed by atoms with Gasteiger partial charge in [-0.25, -0.2) is 0 Å². The van der Waals surface area contributed by atoms with E-state index in [0.29, 0.717) is 0 Å². The first-order valence-corrected chi connectivity index (χ1v) is 8.50. The molecule has 1 aromatic carbocycles. The topological polar surface area (TPSA) is 6.48 Å². The molecule has 0 atom stereocenters. The zero-order chi connectivity index (χ0) is 18.9. The first-order chi connectivity index (χ1) is 12.0. The maximum Gasteiger partial charge on any atom is 0.0507 e. The van der Waals surface area contributed by atoms with E-state index in [2.05, 4.69) is 65.3 Å². The van der Waals surface area contributed by atoms with Gasteiger partial charge in [0.15, 0.2) is 0 Å². The van der Waals surface area contributed by atoms with Gasteiger partial charge in [-0.1, -0.05) is 65.3 Å². The monoisotopic (exact) mass is 334 g/mol. The van der Waals surface area contributed by atoms with Gasteiger partial charge in [0, 0.05) is 30.4 Å². The summed E-state index contributed by atoms with van der Waals surface area (Å²) in [6, 6.07) is 6.28. The van der Waals surface area contributed by atoms with E-state index in [0.717, 1.165) is 17.8 Å². The third-order valence-corrected chi connectivity index (χ3v) is 4.30. The lowest BCUT2D eigenvalue weighted by atomic mass is 9.79. The van der Waals surface area contributed by atoms with Gasteiger partial charge in [-0.2, -0.15) is 0 Å². The smallest absolute Gasteiger partial charge is 0.0507 e. The summed E-state index contributed by atoms with van der Waals surface area (Å²) in [5.74, 6) is 0. The van der Waals surface area contributed by atoms with E-state index in [1.165, 1.54) is 5.56 Å². The van der Waals surface area contributed by atoms with Gasteiger partial charge in [-0.3, -0.25) is 0 Å². The third kappa shape index (κ3) is 4.87. The number of rotatable bonds is 10. The summed E-state index contributed by atoms with van der Waals surface area (Å²) in [4.78, 5) is 4.05. The summed E-state index contributed by atoms with van der Waals surface area (Å²) in [5.41, 5.74) is 3.39. The summed E-state index contributed by atoms with van der Waals surface area (Å²) in [6.45, 7) is 22.1. The van der Waals surface area contributed by atoms with E-state index in [1.54, 1.807) is 12.2 Å². The van der Waals surface area contributed by atoms with Gasteiger partial charge in [-0.15, -0.1) is 0 Å². The highest BCUT2D eigenvalue weighted by Gasteiger charge is 2.27. The fourth-order valence-electron chi connectivity index (χ4n) is 2.61. The van der Waals surface area contributed by atoms with Crippen molar-refractivity contribution in [2.24, 2.45) is 0 Å². The molecule has 0 radical (unpaired) electrons. The van der Waals surface area contributed by atoms with E-state index >= 15 is 0 Å². The number of hydrogen-bond acceptors (Lipinski definition) is 2. The average molecular weight is 335 g/mol. The molecule has 0 aromatic heterocycles. The Morgan fingerprint density at radius 3 is 1.64 bits per heavy atom. The van der Waals surface area contributed by atoms with Gasteiger partial charge in [0.05, 0.1) is 11.4 Å². The van der Waals surface area contributed by atoms with Crippen molar-refractivity contribution in [1.29, 1.82) is 0 Å². The average Bonchev–Trinajstić information content (AvgIpc) is 2.63. The van der Waals surface area contributed by atoms with Crippen molar-refractivity contribution in [2.75, 3.05) is 9.80 Å². The lowest BCUT2D eigenvalue weighted by Crippen LogP contribution is -2.24. The van der Waals surface area contributed by atoms with Gasteiger partial charge in [0.2, 0.25) is 0 Å². The number of allylic oxidation sites excluding steroid dienone is 4. The van der Waals surface area contributed by atoms with E-state index < -0.39 is 0 Å². The van der Waals surface area contributed by atoms with E-state index in [4.69, 9.17) is 0 Å². The molecule has 0 aliphatic heterocycles. The molecule has 0 amide bonds. The number of benzene rings is 1. The second-order valence-electron chi connectivity index (χ2n) is 6.24. The van der Waals surface area contributed by atoms with Crippen LogP contribution in [-0.4, -0.2) is 0 Å². The molecule has 0 N–H and O–H groups in total. The summed E-state index contributed by atoms with van der Waals surface area (Å²) in [5, 5.41) is 0. The highest BCUT2D eigenvalue weighted by Crippen LogP contribution is 2.42. The summed E-state index contributed by atoms with van der Waals surface area (Å²) < 4.78 is 0. The Bertz CT molecular complexity index is 629. The second kappa shape index (κ2) is 9.53. The van der Waals surface area contributed by atoms with Crippen LogP contribution in [0.15, 0.2) is 93.6 Å².